The molecule has 0 atom stereocenters. The van der Waals surface area contributed by atoms with Crippen LogP contribution >= 0.6 is 0 Å². The van der Waals surface area contributed by atoms with Crippen molar-refractivity contribution in [2.24, 2.45) is 0 Å². The Hall–Kier alpha value is -1.89. The predicted molar refractivity (Wildman–Crippen MR) is 78.1 cm³/mol. The molecule has 1 heterocycles. The number of nitrogens with zero attached hydrogens (tertiary/aromatic N) is 2. The summed E-state index contributed by atoms with van der Waals surface area (Å²) in [7, 11) is 0. The summed E-state index contributed by atoms with van der Waals surface area (Å²) in [6.45, 7) is 7.50. The lowest BCUT2D eigenvalue weighted by molar-refractivity contribution is -0.146. The highest BCUT2D eigenvalue weighted by atomic mass is 16.5. The molecule has 1 aromatic rings. The Kier molecular flexibility index (Phi) is 5.90. The molecule has 0 saturated heterocycles. The van der Waals surface area contributed by atoms with Crippen molar-refractivity contribution in [3.63, 3.8) is 0 Å². The molecular formula is C14H23N3O4. The van der Waals surface area contributed by atoms with Gasteiger partial charge in [-0.05, 0) is 34.1 Å². The molecule has 1 aromatic heterocycles. The average Bonchev–Trinajstić information content (AvgIpc) is 2.83. The molecule has 1 amide bonds. The number of aliphatic carboxylic acids is 1. The van der Waals surface area contributed by atoms with Crippen molar-refractivity contribution < 1.29 is 19.4 Å². The third kappa shape index (κ3) is 5.18. The number of hydrogen-bond donors (Lipinski definition) is 2. The van der Waals surface area contributed by atoms with Crippen LogP contribution in [0.25, 0.3) is 0 Å². The topological polar surface area (TPSA) is 93.5 Å². The number of carbonyl (C=O) groups excluding carboxylic acids is 1. The van der Waals surface area contributed by atoms with Crippen LogP contribution in [-0.4, -0.2) is 39.5 Å². The van der Waals surface area contributed by atoms with Crippen LogP contribution in [0.3, 0.4) is 0 Å². The molecule has 0 aromatic carbocycles. The van der Waals surface area contributed by atoms with Gasteiger partial charge in [-0.1, -0.05) is 0 Å². The van der Waals surface area contributed by atoms with Gasteiger partial charge in [0.2, 0.25) is 5.91 Å². The van der Waals surface area contributed by atoms with E-state index in [-0.39, 0.29) is 12.0 Å². The Labute approximate surface area is 124 Å². The molecule has 118 valence electrons. The van der Waals surface area contributed by atoms with Crippen molar-refractivity contribution in [3.8, 4) is 0 Å². The lowest BCUT2D eigenvalue weighted by Gasteiger charge is -2.19. The zero-order chi connectivity index (χ0) is 16.0. The van der Waals surface area contributed by atoms with Gasteiger partial charge in [-0.3, -0.25) is 9.48 Å². The first-order chi connectivity index (χ1) is 9.73. The van der Waals surface area contributed by atoms with Crippen molar-refractivity contribution in [3.05, 3.63) is 12.4 Å². The molecular weight excluding hydrogens is 274 g/mol. The van der Waals surface area contributed by atoms with Gasteiger partial charge >= 0.3 is 5.97 Å². The molecule has 0 unspecified atom stereocenters. The molecule has 0 bridgehead atoms. The minimum Gasteiger partial charge on any atom is -0.479 e. The smallest absolute Gasteiger partial charge is 0.331 e. The number of anilines is 1. The fourth-order valence-corrected chi connectivity index (χ4v) is 1.57. The van der Waals surface area contributed by atoms with Crippen molar-refractivity contribution >= 4 is 17.6 Å². The molecule has 7 heteroatoms. The summed E-state index contributed by atoms with van der Waals surface area (Å²) in [5.41, 5.74) is -0.673. The van der Waals surface area contributed by atoms with E-state index in [0.717, 1.165) is 0 Å². The number of aromatic nitrogens is 2. The summed E-state index contributed by atoms with van der Waals surface area (Å²) in [4.78, 5) is 22.9. The normalized spacial score (nSPS) is 11.7. The van der Waals surface area contributed by atoms with Gasteiger partial charge in [0.25, 0.3) is 0 Å². The number of carbonyl (C=O) groups is 2. The number of amides is 1. The lowest BCUT2D eigenvalue weighted by atomic mass is 10.1. The number of ether oxygens (including phenoxy) is 1. The highest BCUT2D eigenvalue weighted by Crippen LogP contribution is 2.17. The van der Waals surface area contributed by atoms with Crippen LogP contribution in [0.15, 0.2) is 12.4 Å². The summed E-state index contributed by atoms with van der Waals surface area (Å²) < 4.78 is 6.67. The number of nitrogens with one attached hydrogen (secondary N) is 1. The fraction of sp³-hybridized carbons (Fsp3) is 0.643. The molecule has 0 aliphatic heterocycles. The molecule has 1 rings (SSSR count). The van der Waals surface area contributed by atoms with E-state index in [9.17, 15) is 9.59 Å². The minimum absolute atomic E-state index is 0.143. The Morgan fingerprint density at radius 2 is 2.14 bits per heavy atom. The zero-order valence-electron chi connectivity index (χ0n) is 12.9. The van der Waals surface area contributed by atoms with Crippen molar-refractivity contribution in [1.29, 1.82) is 0 Å². The molecule has 2 N–H and O–H groups in total. The Morgan fingerprint density at radius 1 is 1.48 bits per heavy atom. The van der Waals surface area contributed by atoms with Gasteiger partial charge in [0.1, 0.15) is 0 Å². The first kappa shape index (κ1) is 17.2. The highest BCUT2D eigenvalue weighted by molar-refractivity contribution is 5.90. The molecule has 7 nitrogen and oxygen atoms in total. The second-order valence-corrected chi connectivity index (χ2v) is 5.61. The Morgan fingerprint density at radius 3 is 2.71 bits per heavy atom. The summed E-state index contributed by atoms with van der Waals surface area (Å²) >= 11 is 0. The second kappa shape index (κ2) is 7.21. The van der Waals surface area contributed by atoms with Gasteiger partial charge in [-0.25, -0.2) is 4.79 Å². The molecule has 0 radical (unpaired) electrons. The van der Waals surface area contributed by atoms with Crippen LogP contribution in [0.1, 0.15) is 40.5 Å². The van der Waals surface area contributed by atoms with Gasteiger partial charge in [-0.2, -0.15) is 5.10 Å². The van der Waals surface area contributed by atoms with Crippen molar-refractivity contribution in [2.75, 3.05) is 11.9 Å². The molecule has 0 aliphatic carbocycles. The first-order valence-corrected chi connectivity index (χ1v) is 6.93. The van der Waals surface area contributed by atoms with Crippen LogP contribution < -0.4 is 5.32 Å². The SMILES string of the molecule is CC(C)OCCCC(=O)Nc1cnn(C(C)(C)C(=O)O)c1. The molecule has 0 aliphatic rings. The largest absolute Gasteiger partial charge is 0.479 e. The van der Waals surface area contributed by atoms with Gasteiger partial charge in [-0.15, -0.1) is 0 Å². The Balaban J connectivity index is 2.48. The molecule has 0 saturated carbocycles. The van der Waals surface area contributed by atoms with E-state index in [1.165, 1.54) is 30.9 Å². The van der Waals surface area contributed by atoms with Gasteiger partial charge in [0.05, 0.1) is 18.0 Å². The second-order valence-electron chi connectivity index (χ2n) is 5.61. The quantitative estimate of drug-likeness (QED) is 0.714. The van der Waals surface area contributed by atoms with E-state index < -0.39 is 11.5 Å². The average molecular weight is 297 g/mol. The van der Waals surface area contributed by atoms with E-state index >= 15 is 0 Å². The van der Waals surface area contributed by atoms with E-state index in [0.29, 0.717) is 25.1 Å². The lowest BCUT2D eigenvalue weighted by Crippen LogP contribution is -2.35. The third-order valence-electron chi connectivity index (χ3n) is 2.96. The number of carboxylic acids is 1. The Bertz CT molecular complexity index is 494. The minimum atomic E-state index is -1.16. The predicted octanol–water partition coefficient (Wildman–Crippen LogP) is 1.85. The summed E-state index contributed by atoms with van der Waals surface area (Å²) in [6.07, 6.45) is 4.09. The van der Waals surface area contributed by atoms with Crippen LogP contribution in [0.2, 0.25) is 0 Å². The van der Waals surface area contributed by atoms with E-state index in [2.05, 4.69) is 10.4 Å². The van der Waals surface area contributed by atoms with Gasteiger partial charge in [0, 0.05) is 19.2 Å². The standard InChI is InChI=1S/C14H23N3O4/c1-10(2)21-7-5-6-12(18)16-11-8-15-17(9-11)14(3,4)13(19)20/h8-10H,5-7H2,1-4H3,(H,16,18)(H,19,20). The van der Waals surface area contributed by atoms with Crippen molar-refractivity contribution in [1.82, 2.24) is 9.78 Å². The van der Waals surface area contributed by atoms with Crippen LogP contribution in [0.5, 0.6) is 0 Å². The summed E-state index contributed by atoms with van der Waals surface area (Å²) in [5, 5.41) is 15.8. The molecule has 0 spiro atoms. The zero-order valence-corrected chi connectivity index (χ0v) is 12.9. The molecule has 21 heavy (non-hydrogen) atoms. The van der Waals surface area contributed by atoms with Crippen molar-refractivity contribution in [2.45, 2.75) is 52.2 Å². The molecule has 0 fully saturated rings. The van der Waals surface area contributed by atoms with Gasteiger partial charge < -0.3 is 15.2 Å². The maximum atomic E-state index is 11.7. The van der Waals surface area contributed by atoms with E-state index in [4.69, 9.17) is 9.84 Å². The third-order valence-corrected chi connectivity index (χ3v) is 2.96. The monoisotopic (exact) mass is 297 g/mol. The summed E-state index contributed by atoms with van der Waals surface area (Å²) in [6, 6.07) is 0. The van der Waals surface area contributed by atoms with E-state index in [1.54, 1.807) is 0 Å². The fourth-order valence-electron chi connectivity index (χ4n) is 1.57. The van der Waals surface area contributed by atoms with Crippen LogP contribution in [0, 0.1) is 0 Å². The van der Waals surface area contributed by atoms with Gasteiger partial charge in [0.15, 0.2) is 5.54 Å². The summed E-state index contributed by atoms with van der Waals surface area (Å²) in [5.74, 6) is -1.13. The number of hydrogen-bond acceptors (Lipinski definition) is 4. The number of rotatable bonds is 8. The first-order valence-electron chi connectivity index (χ1n) is 6.93. The highest BCUT2D eigenvalue weighted by Gasteiger charge is 2.30. The maximum Gasteiger partial charge on any atom is 0.331 e. The number of carboxylic acid groups (broad SMARTS) is 1. The van der Waals surface area contributed by atoms with Crippen LogP contribution in [-0.2, 0) is 19.9 Å². The van der Waals surface area contributed by atoms with E-state index in [1.807, 2.05) is 13.8 Å². The maximum absolute atomic E-state index is 11.7. The van der Waals surface area contributed by atoms with Crippen LogP contribution in [0.4, 0.5) is 5.69 Å².